The van der Waals surface area contributed by atoms with Crippen LogP contribution in [0.1, 0.15) is 6.92 Å². The second-order valence-electron chi connectivity index (χ2n) is 6.23. The summed E-state index contributed by atoms with van der Waals surface area (Å²) in [5, 5.41) is 11.7. The van der Waals surface area contributed by atoms with Gasteiger partial charge in [0.15, 0.2) is 22.5 Å². The average molecular weight is 414 g/mol. The summed E-state index contributed by atoms with van der Waals surface area (Å²) < 4.78 is 26.8. The Morgan fingerprint density at radius 1 is 1.17 bits per heavy atom. The number of hydrogen-bond donors (Lipinski definition) is 1. The monoisotopic (exact) mass is 414 g/mol. The van der Waals surface area contributed by atoms with Crippen LogP contribution < -0.4 is 14.8 Å². The molecule has 0 saturated carbocycles. The summed E-state index contributed by atoms with van der Waals surface area (Å²) in [6, 6.07) is 11.7. The smallest absolute Gasteiger partial charge is 0.234 e. The number of fused-ring (bicyclic) bond motifs is 1. The lowest BCUT2D eigenvalue weighted by molar-refractivity contribution is -0.113. The van der Waals surface area contributed by atoms with Crippen LogP contribution in [0.3, 0.4) is 0 Å². The molecule has 0 fully saturated rings. The maximum absolute atomic E-state index is 13.7. The lowest BCUT2D eigenvalue weighted by Crippen LogP contribution is -2.15. The van der Waals surface area contributed by atoms with E-state index in [0.717, 1.165) is 5.56 Å². The van der Waals surface area contributed by atoms with E-state index in [2.05, 4.69) is 15.5 Å². The van der Waals surface area contributed by atoms with Gasteiger partial charge in [0.25, 0.3) is 0 Å². The molecule has 3 aromatic rings. The predicted octanol–water partition coefficient (Wildman–Crippen LogP) is 3.61. The molecule has 2 aromatic carbocycles. The van der Waals surface area contributed by atoms with Crippen LogP contribution >= 0.6 is 11.8 Å². The number of nitrogens with one attached hydrogen (secondary N) is 1. The van der Waals surface area contributed by atoms with Crippen LogP contribution in [0.5, 0.6) is 11.5 Å². The highest BCUT2D eigenvalue weighted by Gasteiger charge is 2.18. The Hall–Kier alpha value is -3.07. The number of aromatic nitrogens is 3. The van der Waals surface area contributed by atoms with Gasteiger partial charge in [-0.15, -0.1) is 10.2 Å². The largest absolute Gasteiger partial charge is 0.486 e. The van der Waals surface area contributed by atoms with Gasteiger partial charge >= 0.3 is 0 Å². The first-order valence-electron chi connectivity index (χ1n) is 9.16. The third-order valence-corrected chi connectivity index (χ3v) is 5.28. The van der Waals surface area contributed by atoms with Crippen molar-refractivity contribution in [3.05, 3.63) is 48.3 Å². The van der Waals surface area contributed by atoms with Crippen LogP contribution in [0, 0.1) is 5.82 Å². The van der Waals surface area contributed by atoms with Gasteiger partial charge in [0, 0.05) is 12.1 Å². The van der Waals surface area contributed by atoms with Crippen LogP contribution in [-0.2, 0) is 11.3 Å². The number of halogens is 1. The molecule has 0 aliphatic carbocycles. The Kier molecular flexibility index (Phi) is 5.66. The van der Waals surface area contributed by atoms with Crippen LogP contribution in [0.2, 0.25) is 0 Å². The Labute approximate surface area is 171 Å². The highest BCUT2D eigenvalue weighted by molar-refractivity contribution is 7.99. The molecule has 0 radical (unpaired) electrons. The van der Waals surface area contributed by atoms with Crippen molar-refractivity contribution in [2.75, 3.05) is 24.3 Å². The molecule has 1 aliphatic heterocycles. The quantitative estimate of drug-likeness (QED) is 0.621. The van der Waals surface area contributed by atoms with E-state index < -0.39 is 5.82 Å². The van der Waals surface area contributed by atoms with Crippen molar-refractivity contribution in [3.8, 4) is 22.9 Å². The molecule has 29 heavy (non-hydrogen) atoms. The number of carbonyl (C=O) groups is 1. The lowest BCUT2D eigenvalue weighted by atomic mass is 10.2. The number of carbonyl (C=O) groups excluding carboxylic acids is 1. The molecule has 1 N–H and O–H groups in total. The fourth-order valence-electron chi connectivity index (χ4n) is 2.96. The van der Waals surface area contributed by atoms with E-state index in [4.69, 9.17) is 9.47 Å². The van der Waals surface area contributed by atoms with E-state index in [-0.39, 0.29) is 17.3 Å². The third-order valence-electron chi connectivity index (χ3n) is 4.31. The summed E-state index contributed by atoms with van der Waals surface area (Å²) in [5.74, 6) is 1.38. The Morgan fingerprint density at radius 3 is 2.76 bits per heavy atom. The molecule has 150 valence electrons. The number of amides is 1. The van der Waals surface area contributed by atoms with Crippen molar-refractivity contribution in [2.45, 2.75) is 18.6 Å². The van der Waals surface area contributed by atoms with Gasteiger partial charge in [0.2, 0.25) is 5.91 Å². The molecular formula is C20H19FN4O3S. The maximum Gasteiger partial charge on any atom is 0.234 e. The van der Waals surface area contributed by atoms with Gasteiger partial charge in [-0.3, -0.25) is 4.79 Å². The number of benzene rings is 2. The van der Waals surface area contributed by atoms with E-state index in [1.165, 1.54) is 23.9 Å². The van der Waals surface area contributed by atoms with Crippen molar-refractivity contribution >= 4 is 23.4 Å². The lowest BCUT2D eigenvalue weighted by Gasteiger charge is -2.18. The van der Waals surface area contributed by atoms with E-state index >= 15 is 0 Å². The molecule has 1 amide bonds. The van der Waals surface area contributed by atoms with E-state index in [0.29, 0.717) is 42.2 Å². The normalized spacial score (nSPS) is 12.6. The zero-order valence-corrected chi connectivity index (χ0v) is 16.5. The highest BCUT2D eigenvalue weighted by atomic mass is 32.2. The van der Waals surface area contributed by atoms with Crippen molar-refractivity contribution < 1.29 is 18.7 Å². The number of para-hydroxylation sites is 1. The first-order valence-corrected chi connectivity index (χ1v) is 10.1. The Morgan fingerprint density at radius 2 is 1.97 bits per heavy atom. The molecule has 7 nitrogen and oxygen atoms in total. The van der Waals surface area contributed by atoms with Gasteiger partial charge in [0.05, 0.1) is 11.4 Å². The van der Waals surface area contributed by atoms with E-state index in [1.807, 2.05) is 29.7 Å². The molecule has 0 unspecified atom stereocenters. The van der Waals surface area contributed by atoms with Crippen molar-refractivity contribution in [2.24, 2.45) is 0 Å². The molecular weight excluding hydrogens is 395 g/mol. The standard InChI is InChI=1S/C20H19FN4O3S/c1-2-25-19(13-7-8-16-17(11-13)28-10-9-27-16)23-24-20(25)29-12-18(26)22-15-6-4-3-5-14(15)21/h3-8,11H,2,9-10,12H2,1H3,(H,22,26). The number of nitrogens with zero attached hydrogens (tertiary/aromatic N) is 3. The van der Waals surface area contributed by atoms with Crippen molar-refractivity contribution in [1.29, 1.82) is 0 Å². The van der Waals surface area contributed by atoms with Gasteiger partial charge in [-0.2, -0.15) is 0 Å². The first-order chi connectivity index (χ1) is 14.2. The summed E-state index contributed by atoms with van der Waals surface area (Å²) in [5.41, 5.74) is 1.01. The van der Waals surface area contributed by atoms with Crippen molar-refractivity contribution in [3.63, 3.8) is 0 Å². The molecule has 2 heterocycles. The minimum absolute atomic E-state index is 0.0909. The number of ether oxygens (including phenoxy) is 2. The minimum Gasteiger partial charge on any atom is -0.486 e. The second-order valence-corrected chi connectivity index (χ2v) is 7.17. The molecule has 0 atom stereocenters. The van der Waals surface area contributed by atoms with E-state index in [1.54, 1.807) is 12.1 Å². The van der Waals surface area contributed by atoms with Crippen LogP contribution in [-0.4, -0.2) is 39.6 Å². The van der Waals surface area contributed by atoms with Gasteiger partial charge in [-0.1, -0.05) is 23.9 Å². The third kappa shape index (κ3) is 4.19. The first kappa shape index (κ1) is 19.3. The average Bonchev–Trinajstić information content (AvgIpc) is 3.16. The molecule has 9 heteroatoms. The summed E-state index contributed by atoms with van der Waals surface area (Å²) in [6.07, 6.45) is 0. The fourth-order valence-corrected chi connectivity index (χ4v) is 3.76. The number of hydrogen-bond acceptors (Lipinski definition) is 6. The zero-order valence-electron chi connectivity index (χ0n) is 15.7. The number of anilines is 1. The topological polar surface area (TPSA) is 78.3 Å². The van der Waals surface area contributed by atoms with Crippen LogP contribution in [0.15, 0.2) is 47.6 Å². The summed E-state index contributed by atoms with van der Waals surface area (Å²) >= 11 is 1.25. The van der Waals surface area contributed by atoms with Gasteiger partial charge in [0.1, 0.15) is 19.0 Å². The molecule has 1 aliphatic rings. The van der Waals surface area contributed by atoms with Crippen molar-refractivity contribution in [1.82, 2.24) is 14.8 Å². The fraction of sp³-hybridized carbons (Fsp3) is 0.250. The predicted molar refractivity (Wildman–Crippen MR) is 108 cm³/mol. The molecule has 0 spiro atoms. The summed E-state index contributed by atoms with van der Waals surface area (Å²) in [7, 11) is 0. The van der Waals surface area contributed by atoms with Gasteiger partial charge in [-0.25, -0.2) is 4.39 Å². The minimum atomic E-state index is -0.469. The SMILES string of the molecule is CCn1c(SCC(=O)Nc2ccccc2F)nnc1-c1ccc2c(c1)OCCO2. The van der Waals surface area contributed by atoms with E-state index in [9.17, 15) is 9.18 Å². The van der Waals surface area contributed by atoms with Crippen LogP contribution in [0.4, 0.5) is 10.1 Å². The Balaban J connectivity index is 1.48. The molecule has 4 rings (SSSR count). The van der Waals surface area contributed by atoms with Gasteiger partial charge in [-0.05, 0) is 37.3 Å². The summed E-state index contributed by atoms with van der Waals surface area (Å²) in [4.78, 5) is 12.2. The van der Waals surface area contributed by atoms with Crippen LogP contribution in [0.25, 0.3) is 11.4 Å². The summed E-state index contributed by atoms with van der Waals surface area (Å²) in [6.45, 7) is 3.66. The molecule has 1 aromatic heterocycles. The zero-order chi connectivity index (χ0) is 20.2. The molecule has 0 saturated heterocycles. The Bertz CT molecular complexity index is 1040. The highest BCUT2D eigenvalue weighted by Crippen LogP contribution is 2.34. The second kappa shape index (κ2) is 8.52. The number of rotatable bonds is 6. The number of thioether (sulfide) groups is 1. The van der Waals surface area contributed by atoms with Gasteiger partial charge < -0.3 is 19.4 Å². The maximum atomic E-state index is 13.7. The molecule has 0 bridgehead atoms.